The van der Waals surface area contributed by atoms with Crippen molar-refractivity contribution in [1.29, 1.82) is 0 Å². The van der Waals surface area contributed by atoms with Crippen LogP contribution in [0.5, 0.6) is 0 Å². The van der Waals surface area contributed by atoms with E-state index in [1.165, 1.54) is 17.8 Å². The van der Waals surface area contributed by atoms with Gasteiger partial charge in [0.05, 0.1) is 0 Å². The fraction of sp³-hybridized carbons (Fsp3) is 0.905. The Morgan fingerprint density at radius 2 is 1.26 bits per heavy atom. The first-order chi connectivity index (χ1) is 9.97. The number of hydrogen-bond donors (Lipinski definition) is 1. The summed E-state index contributed by atoms with van der Waals surface area (Å²) in [5.41, 5.74) is 3.50. The molecular weight excluding hydrogens is 280 g/mol. The first-order valence-corrected chi connectivity index (χ1v) is 9.26. The predicted octanol–water partition coefficient (Wildman–Crippen LogP) is 5.80. The van der Waals surface area contributed by atoms with E-state index in [1.807, 2.05) is 0 Å². The van der Waals surface area contributed by atoms with Crippen LogP contribution in [0.25, 0.3) is 0 Å². The van der Waals surface area contributed by atoms with Crippen molar-refractivity contribution in [3.63, 3.8) is 0 Å². The zero-order valence-corrected chi connectivity index (χ0v) is 17.9. The second kappa shape index (κ2) is 6.01. The summed E-state index contributed by atoms with van der Waals surface area (Å²) in [7, 11) is 0. The van der Waals surface area contributed by atoms with Crippen LogP contribution < -0.4 is 5.32 Å². The molecule has 136 valence electrons. The zero-order chi connectivity index (χ0) is 18.4. The molecule has 0 amide bonds. The predicted molar refractivity (Wildman–Crippen MR) is 103 cm³/mol. The van der Waals surface area contributed by atoms with Crippen molar-refractivity contribution in [3.8, 4) is 0 Å². The highest BCUT2D eigenvalue weighted by atomic mass is 15.3. The van der Waals surface area contributed by atoms with Gasteiger partial charge >= 0.3 is 0 Å². The van der Waals surface area contributed by atoms with Crippen LogP contribution in [-0.2, 0) is 0 Å². The first kappa shape index (κ1) is 20.4. The Kier molecular flexibility index (Phi) is 5.32. The fourth-order valence-electron chi connectivity index (χ4n) is 3.80. The van der Waals surface area contributed by atoms with E-state index in [4.69, 9.17) is 0 Å². The summed E-state index contributed by atoms with van der Waals surface area (Å²) in [6.07, 6.45) is 1.18. The maximum Gasteiger partial charge on any atom is 0.0392 e. The van der Waals surface area contributed by atoms with Gasteiger partial charge in [-0.05, 0) is 32.6 Å². The first-order valence-electron chi connectivity index (χ1n) is 9.26. The average Bonchev–Trinajstić information content (AvgIpc) is 2.44. The van der Waals surface area contributed by atoms with Gasteiger partial charge in [-0.15, -0.1) is 0 Å². The molecule has 1 aliphatic heterocycles. The summed E-state index contributed by atoms with van der Waals surface area (Å²) >= 11 is 0. The van der Waals surface area contributed by atoms with Gasteiger partial charge in [0.25, 0.3) is 0 Å². The number of nitrogens with one attached hydrogen (secondary N) is 1. The number of allylic oxidation sites excluding steroid dienone is 2. The summed E-state index contributed by atoms with van der Waals surface area (Å²) in [6, 6.07) is 0.532. The molecule has 1 N–H and O–H groups in total. The molecular formula is C21H42N2. The normalized spacial score (nSPS) is 22.1. The van der Waals surface area contributed by atoms with E-state index in [2.05, 4.69) is 93.3 Å². The lowest BCUT2D eigenvalue weighted by molar-refractivity contribution is 0.0337. The van der Waals surface area contributed by atoms with Crippen molar-refractivity contribution in [2.24, 2.45) is 16.2 Å². The Morgan fingerprint density at radius 3 is 1.57 bits per heavy atom. The summed E-state index contributed by atoms with van der Waals surface area (Å²) in [5, 5.41) is 3.82. The Morgan fingerprint density at radius 1 is 0.783 bits per heavy atom. The lowest BCUT2D eigenvalue weighted by Gasteiger charge is -2.53. The molecule has 1 aliphatic rings. The third-order valence-corrected chi connectivity index (χ3v) is 4.69. The third kappa shape index (κ3) is 4.67. The summed E-state index contributed by atoms with van der Waals surface area (Å²) in [4.78, 5) is 2.74. The molecule has 0 aromatic rings. The van der Waals surface area contributed by atoms with E-state index in [-0.39, 0.29) is 21.8 Å². The minimum Gasteiger partial charge on any atom is -0.386 e. The molecule has 2 nitrogen and oxygen atoms in total. The molecule has 0 bridgehead atoms. The minimum absolute atomic E-state index is 0.100. The van der Waals surface area contributed by atoms with Crippen molar-refractivity contribution in [2.75, 3.05) is 6.54 Å². The van der Waals surface area contributed by atoms with Crippen LogP contribution in [0.2, 0.25) is 0 Å². The van der Waals surface area contributed by atoms with Gasteiger partial charge in [0.1, 0.15) is 0 Å². The van der Waals surface area contributed by atoms with Crippen molar-refractivity contribution < 1.29 is 0 Å². The molecule has 1 unspecified atom stereocenters. The molecule has 0 fully saturated rings. The van der Waals surface area contributed by atoms with Crippen molar-refractivity contribution in [3.05, 3.63) is 11.4 Å². The molecule has 1 atom stereocenters. The van der Waals surface area contributed by atoms with Crippen molar-refractivity contribution in [1.82, 2.24) is 10.2 Å². The molecule has 0 aliphatic carbocycles. The van der Waals surface area contributed by atoms with E-state index in [1.54, 1.807) is 0 Å². The molecule has 0 saturated carbocycles. The smallest absolute Gasteiger partial charge is 0.0392 e. The van der Waals surface area contributed by atoms with Crippen molar-refractivity contribution in [2.45, 2.75) is 101 Å². The van der Waals surface area contributed by atoms with Gasteiger partial charge in [-0.3, -0.25) is 0 Å². The molecule has 23 heavy (non-hydrogen) atoms. The molecule has 2 heteroatoms. The van der Waals surface area contributed by atoms with Gasteiger partial charge in [-0.25, -0.2) is 0 Å². The van der Waals surface area contributed by atoms with Crippen LogP contribution in [0.15, 0.2) is 11.4 Å². The fourth-order valence-corrected chi connectivity index (χ4v) is 3.80. The van der Waals surface area contributed by atoms with Crippen LogP contribution in [0, 0.1) is 16.2 Å². The number of rotatable bonds is 0. The van der Waals surface area contributed by atoms with Gasteiger partial charge in [0.15, 0.2) is 0 Å². The van der Waals surface area contributed by atoms with E-state index in [0.29, 0.717) is 6.04 Å². The second-order valence-corrected chi connectivity index (χ2v) is 11.4. The molecule has 0 saturated heterocycles. The van der Waals surface area contributed by atoms with E-state index < -0.39 is 0 Å². The third-order valence-electron chi connectivity index (χ3n) is 4.69. The summed E-state index contributed by atoms with van der Waals surface area (Å²) in [6.45, 7) is 29.4. The average molecular weight is 323 g/mol. The highest BCUT2D eigenvalue weighted by molar-refractivity contribution is 5.27. The Balaban J connectivity index is 3.73. The topological polar surface area (TPSA) is 15.3 Å². The van der Waals surface area contributed by atoms with Gasteiger partial charge in [0, 0.05) is 40.3 Å². The van der Waals surface area contributed by atoms with Crippen LogP contribution in [-0.4, -0.2) is 23.0 Å². The zero-order valence-electron chi connectivity index (χ0n) is 17.9. The molecule has 0 aromatic heterocycles. The van der Waals surface area contributed by atoms with E-state index in [0.717, 1.165) is 6.54 Å². The van der Waals surface area contributed by atoms with E-state index in [9.17, 15) is 0 Å². The molecule has 0 radical (unpaired) electrons. The summed E-state index contributed by atoms with van der Waals surface area (Å²) < 4.78 is 0. The lowest BCUT2D eigenvalue weighted by Crippen LogP contribution is -2.54. The van der Waals surface area contributed by atoms with Crippen LogP contribution in [0.3, 0.4) is 0 Å². The SMILES string of the molecule is CC(C)(C)C1=C(C(C)(C)C)N(C(C)(C)C)C(C(C)(C)C)CCN1. The lowest BCUT2D eigenvalue weighted by atomic mass is 9.76. The summed E-state index contributed by atoms with van der Waals surface area (Å²) in [5.74, 6) is 0. The van der Waals surface area contributed by atoms with E-state index >= 15 is 0 Å². The van der Waals surface area contributed by atoms with Gasteiger partial charge < -0.3 is 10.2 Å². The quantitative estimate of drug-likeness (QED) is 0.606. The number of nitrogens with zero attached hydrogens (tertiary/aromatic N) is 1. The standard InChI is InChI=1S/C21H42N2/c1-18(2,3)15-13-14-22-16(19(4,5)6)17(20(7,8)9)23(15)21(10,11)12/h15,22H,13-14H2,1-12H3. The number of hydrogen-bond acceptors (Lipinski definition) is 2. The van der Waals surface area contributed by atoms with Gasteiger partial charge in [-0.1, -0.05) is 62.3 Å². The van der Waals surface area contributed by atoms with Crippen LogP contribution >= 0.6 is 0 Å². The monoisotopic (exact) mass is 322 g/mol. The highest BCUT2D eigenvalue weighted by Crippen LogP contribution is 2.45. The Bertz CT molecular complexity index is 444. The maximum absolute atomic E-state index is 3.82. The highest BCUT2D eigenvalue weighted by Gasteiger charge is 2.44. The van der Waals surface area contributed by atoms with Crippen molar-refractivity contribution >= 4 is 0 Å². The van der Waals surface area contributed by atoms with Crippen LogP contribution in [0.1, 0.15) is 89.5 Å². The molecule has 0 spiro atoms. The molecule has 0 aromatic carbocycles. The van der Waals surface area contributed by atoms with Gasteiger partial charge in [0.2, 0.25) is 0 Å². The molecule has 1 heterocycles. The largest absolute Gasteiger partial charge is 0.386 e. The minimum atomic E-state index is 0.100. The van der Waals surface area contributed by atoms with Gasteiger partial charge in [-0.2, -0.15) is 0 Å². The maximum atomic E-state index is 3.82. The molecule has 1 rings (SSSR count). The Hall–Kier alpha value is -0.660. The Labute approximate surface area is 146 Å². The van der Waals surface area contributed by atoms with Crippen LogP contribution in [0.4, 0.5) is 0 Å². The second-order valence-electron chi connectivity index (χ2n) is 11.4.